The molecule has 0 saturated heterocycles. The summed E-state index contributed by atoms with van der Waals surface area (Å²) in [6, 6.07) is 5.67. The van der Waals surface area contributed by atoms with E-state index >= 15 is 0 Å². The van der Waals surface area contributed by atoms with E-state index in [1.165, 1.54) is 12.6 Å². The predicted molar refractivity (Wildman–Crippen MR) is 69.4 cm³/mol. The van der Waals surface area contributed by atoms with Gasteiger partial charge in [-0.3, -0.25) is 9.69 Å². The van der Waals surface area contributed by atoms with E-state index in [9.17, 15) is 9.59 Å². The monoisotopic (exact) mass is 263 g/mol. The normalized spacial score (nSPS) is 13.5. The molecular weight excluding hydrogens is 246 g/mol. The molecule has 1 amide bonds. The van der Waals surface area contributed by atoms with E-state index in [0.29, 0.717) is 5.75 Å². The van der Waals surface area contributed by atoms with E-state index in [4.69, 9.17) is 9.84 Å². The van der Waals surface area contributed by atoms with Crippen molar-refractivity contribution in [3.05, 3.63) is 29.3 Å². The first-order valence-corrected chi connectivity index (χ1v) is 6.33. The number of benzene rings is 1. The summed E-state index contributed by atoms with van der Waals surface area (Å²) in [5.74, 6) is -0.506. The molecule has 0 aromatic heterocycles. The lowest BCUT2D eigenvalue weighted by Crippen LogP contribution is -2.34. The number of nitrogens with zero attached hydrogens (tertiary/aromatic N) is 1. The number of aliphatic carboxylic acids is 1. The van der Waals surface area contributed by atoms with Crippen molar-refractivity contribution in [1.82, 2.24) is 4.90 Å². The number of fused-ring (bicyclic) bond motifs is 1. The van der Waals surface area contributed by atoms with Crippen LogP contribution in [0.15, 0.2) is 18.2 Å². The van der Waals surface area contributed by atoms with E-state index in [1.54, 1.807) is 6.07 Å². The Balaban J connectivity index is 2.11. The van der Waals surface area contributed by atoms with Gasteiger partial charge in [0.15, 0.2) is 0 Å². The van der Waals surface area contributed by atoms with Crippen molar-refractivity contribution >= 4 is 12.1 Å². The Kier molecular flexibility index (Phi) is 4.04. The van der Waals surface area contributed by atoms with Crippen LogP contribution in [0.1, 0.15) is 24.0 Å². The van der Waals surface area contributed by atoms with Gasteiger partial charge in [-0.1, -0.05) is 12.1 Å². The highest BCUT2D eigenvalue weighted by atomic mass is 16.6. The fourth-order valence-corrected chi connectivity index (χ4v) is 2.28. The summed E-state index contributed by atoms with van der Waals surface area (Å²) in [5.41, 5.74) is 2.29. The molecular formula is C14H17NO4. The highest BCUT2D eigenvalue weighted by Crippen LogP contribution is 2.29. The van der Waals surface area contributed by atoms with Crippen LogP contribution < -0.4 is 4.74 Å². The molecule has 0 heterocycles. The van der Waals surface area contributed by atoms with Gasteiger partial charge < -0.3 is 9.84 Å². The molecule has 1 aliphatic rings. The first kappa shape index (κ1) is 13.4. The summed E-state index contributed by atoms with van der Waals surface area (Å²) in [7, 11) is 1.41. The van der Waals surface area contributed by atoms with Gasteiger partial charge in [0.1, 0.15) is 12.3 Å². The average molecular weight is 263 g/mol. The highest BCUT2D eigenvalue weighted by Gasteiger charge is 2.19. The van der Waals surface area contributed by atoms with Crippen molar-refractivity contribution in [3.63, 3.8) is 0 Å². The summed E-state index contributed by atoms with van der Waals surface area (Å²) in [6.45, 7) is -0.367. The van der Waals surface area contributed by atoms with Crippen molar-refractivity contribution < 1.29 is 19.4 Å². The quantitative estimate of drug-likeness (QED) is 0.906. The van der Waals surface area contributed by atoms with E-state index < -0.39 is 12.1 Å². The van der Waals surface area contributed by atoms with Crippen molar-refractivity contribution in [3.8, 4) is 5.75 Å². The summed E-state index contributed by atoms with van der Waals surface area (Å²) in [4.78, 5) is 23.4. The Labute approximate surface area is 111 Å². The molecule has 19 heavy (non-hydrogen) atoms. The minimum Gasteiger partial charge on any atom is -0.480 e. The second-order valence-corrected chi connectivity index (χ2v) is 4.72. The lowest BCUT2D eigenvalue weighted by molar-refractivity contribution is -0.137. The van der Waals surface area contributed by atoms with Crippen LogP contribution in [-0.4, -0.2) is 35.7 Å². The number of hydrogen-bond acceptors (Lipinski definition) is 3. The molecule has 0 bridgehead atoms. The number of carboxylic acids is 1. The Morgan fingerprint density at radius 3 is 2.79 bits per heavy atom. The lowest BCUT2D eigenvalue weighted by atomic mass is 9.91. The Bertz CT molecular complexity index is 498. The molecule has 1 N–H and O–H groups in total. The standard InChI is InChI=1S/C14H17NO4/c1-15(9-13(16)17)14(18)19-12-8-4-6-10-5-2-3-7-11(10)12/h4,6,8H,2-3,5,7,9H2,1H3,(H,16,17). The molecule has 0 saturated carbocycles. The number of likely N-dealkylation sites (N-methyl/N-ethyl adjacent to an activating group) is 1. The van der Waals surface area contributed by atoms with E-state index in [-0.39, 0.29) is 6.54 Å². The SMILES string of the molecule is CN(CC(=O)O)C(=O)Oc1cccc2c1CCCC2. The van der Waals surface area contributed by atoms with Gasteiger partial charge in [0.05, 0.1) is 0 Å². The van der Waals surface area contributed by atoms with Crippen molar-refractivity contribution in [2.24, 2.45) is 0 Å². The first-order chi connectivity index (χ1) is 9.08. The Morgan fingerprint density at radius 2 is 2.05 bits per heavy atom. The second-order valence-electron chi connectivity index (χ2n) is 4.72. The fraction of sp³-hybridized carbons (Fsp3) is 0.429. The van der Waals surface area contributed by atoms with E-state index in [0.717, 1.165) is 36.1 Å². The molecule has 5 heteroatoms. The maximum atomic E-state index is 11.8. The number of carboxylic acid groups (broad SMARTS) is 1. The van der Waals surface area contributed by atoms with Gasteiger partial charge in [-0.25, -0.2) is 4.79 Å². The largest absolute Gasteiger partial charge is 0.480 e. The zero-order chi connectivity index (χ0) is 13.8. The summed E-state index contributed by atoms with van der Waals surface area (Å²) in [6.07, 6.45) is 3.52. The molecule has 1 aromatic rings. The number of aryl methyl sites for hydroxylation is 1. The molecule has 2 rings (SSSR count). The molecule has 102 valence electrons. The number of carbonyl (C=O) groups is 2. The molecule has 0 aliphatic heterocycles. The molecule has 1 aromatic carbocycles. The molecule has 0 spiro atoms. The first-order valence-electron chi connectivity index (χ1n) is 6.33. The number of rotatable bonds is 3. The van der Waals surface area contributed by atoms with Crippen LogP contribution in [-0.2, 0) is 17.6 Å². The van der Waals surface area contributed by atoms with Crippen molar-refractivity contribution in [1.29, 1.82) is 0 Å². The molecule has 0 fully saturated rings. The summed E-state index contributed by atoms with van der Waals surface area (Å²) >= 11 is 0. The zero-order valence-electron chi connectivity index (χ0n) is 10.9. The van der Waals surface area contributed by atoms with Crippen LogP contribution in [0.2, 0.25) is 0 Å². The van der Waals surface area contributed by atoms with Gasteiger partial charge in [0.2, 0.25) is 0 Å². The van der Waals surface area contributed by atoms with Crippen LogP contribution in [0.5, 0.6) is 5.75 Å². The van der Waals surface area contributed by atoms with Gasteiger partial charge in [0.25, 0.3) is 0 Å². The fourth-order valence-electron chi connectivity index (χ4n) is 2.28. The van der Waals surface area contributed by atoms with Crippen molar-refractivity contribution in [2.45, 2.75) is 25.7 Å². The molecule has 0 unspecified atom stereocenters. The van der Waals surface area contributed by atoms with Crippen LogP contribution in [0, 0.1) is 0 Å². The van der Waals surface area contributed by atoms with Crippen LogP contribution >= 0.6 is 0 Å². The van der Waals surface area contributed by atoms with Crippen molar-refractivity contribution in [2.75, 3.05) is 13.6 Å². The van der Waals surface area contributed by atoms with Gasteiger partial charge in [-0.05, 0) is 42.9 Å². The predicted octanol–water partition coefficient (Wildman–Crippen LogP) is 2.08. The zero-order valence-corrected chi connectivity index (χ0v) is 10.9. The highest BCUT2D eigenvalue weighted by molar-refractivity contribution is 5.78. The number of carbonyl (C=O) groups excluding carboxylic acids is 1. The number of hydrogen-bond donors (Lipinski definition) is 1. The molecule has 0 radical (unpaired) electrons. The Hall–Kier alpha value is -2.04. The lowest BCUT2D eigenvalue weighted by Gasteiger charge is -2.20. The summed E-state index contributed by atoms with van der Waals surface area (Å²) < 4.78 is 5.30. The van der Waals surface area contributed by atoms with Gasteiger partial charge in [-0.15, -0.1) is 0 Å². The third-order valence-electron chi connectivity index (χ3n) is 3.23. The van der Waals surface area contributed by atoms with Crippen LogP contribution in [0.3, 0.4) is 0 Å². The van der Waals surface area contributed by atoms with Gasteiger partial charge in [0, 0.05) is 7.05 Å². The van der Waals surface area contributed by atoms with Gasteiger partial charge in [-0.2, -0.15) is 0 Å². The Morgan fingerprint density at radius 1 is 1.32 bits per heavy atom. The topological polar surface area (TPSA) is 66.8 Å². The second kappa shape index (κ2) is 5.73. The summed E-state index contributed by atoms with van der Waals surface area (Å²) in [5, 5.41) is 8.64. The number of amides is 1. The third-order valence-corrected chi connectivity index (χ3v) is 3.23. The molecule has 5 nitrogen and oxygen atoms in total. The molecule has 0 atom stereocenters. The van der Waals surface area contributed by atoms with E-state index in [1.807, 2.05) is 12.1 Å². The average Bonchev–Trinajstić information content (AvgIpc) is 2.38. The van der Waals surface area contributed by atoms with Gasteiger partial charge >= 0.3 is 12.1 Å². The smallest absolute Gasteiger partial charge is 0.415 e. The van der Waals surface area contributed by atoms with Crippen LogP contribution in [0.25, 0.3) is 0 Å². The maximum absolute atomic E-state index is 11.8. The molecule has 1 aliphatic carbocycles. The van der Waals surface area contributed by atoms with Crippen LogP contribution in [0.4, 0.5) is 4.79 Å². The minimum absolute atomic E-state index is 0.367. The van der Waals surface area contributed by atoms with E-state index in [2.05, 4.69) is 0 Å². The minimum atomic E-state index is -1.06. The number of ether oxygens (including phenoxy) is 1. The third kappa shape index (κ3) is 3.24. The maximum Gasteiger partial charge on any atom is 0.415 e.